The van der Waals surface area contributed by atoms with Gasteiger partial charge in [0, 0.05) is 26.3 Å². The van der Waals surface area contributed by atoms with E-state index in [9.17, 15) is 0 Å². The highest BCUT2D eigenvalue weighted by Crippen LogP contribution is 2.27. The molecule has 0 radical (unpaired) electrons. The van der Waals surface area contributed by atoms with Gasteiger partial charge in [0.25, 0.3) is 0 Å². The summed E-state index contributed by atoms with van der Waals surface area (Å²) in [6.45, 7) is 6.36. The van der Waals surface area contributed by atoms with Gasteiger partial charge < -0.3 is 19.7 Å². The first-order valence-corrected chi connectivity index (χ1v) is 9.19. The van der Waals surface area contributed by atoms with Gasteiger partial charge >= 0.3 is 0 Å². The highest BCUT2D eigenvalue weighted by atomic mass is 16.5. The number of hydrogen-bond donors (Lipinski definition) is 1. The van der Waals surface area contributed by atoms with Crippen LogP contribution in [0.2, 0.25) is 0 Å². The third-order valence-electron chi connectivity index (χ3n) is 4.38. The quantitative estimate of drug-likeness (QED) is 0.572. The van der Waals surface area contributed by atoms with Gasteiger partial charge in [-0.1, -0.05) is 12.1 Å². The summed E-state index contributed by atoms with van der Waals surface area (Å²) >= 11 is 0. The molecule has 1 aromatic heterocycles. The van der Waals surface area contributed by atoms with Crippen molar-refractivity contribution in [1.82, 2.24) is 15.2 Å². The van der Waals surface area contributed by atoms with Crippen molar-refractivity contribution >= 4 is 5.96 Å². The van der Waals surface area contributed by atoms with Gasteiger partial charge in [0.05, 0.1) is 26.5 Å². The number of nitrogens with zero attached hydrogens (tertiary/aromatic N) is 3. The fraction of sp³-hybridized carbons (Fsp3) is 0.429. The summed E-state index contributed by atoms with van der Waals surface area (Å²) in [5.74, 6) is 2.38. The third-order valence-corrected chi connectivity index (χ3v) is 4.38. The van der Waals surface area contributed by atoms with Crippen molar-refractivity contribution in [2.75, 3.05) is 34.4 Å². The minimum Gasteiger partial charge on any atom is -0.493 e. The molecule has 6 nitrogen and oxygen atoms in total. The Bertz CT molecular complexity index is 762. The van der Waals surface area contributed by atoms with Crippen molar-refractivity contribution in [3.8, 4) is 11.5 Å². The van der Waals surface area contributed by atoms with Gasteiger partial charge in [-0.2, -0.15) is 0 Å². The predicted molar refractivity (Wildman–Crippen MR) is 110 cm³/mol. The molecule has 146 valence electrons. The van der Waals surface area contributed by atoms with Crippen LogP contribution in [0.5, 0.6) is 11.5 Å². The number of rotatable bonds is 8. The second-order valence-corrected chi connectivity index (χ2v) is 6.30. The van der Waals surface area contributed by atoms with Crippen molar-refractivity contribution in [2.24, 2.45) is 4.99 Å². The molecule has 27 heavy (non-hydrogen) atoms. The highest BCUT2D eigenvalue weighted by molar-refractivity contribution is 5.79. The molecule has 0 unspecified atom stereocenters. The number of aryl methyl sites for hydroxylation is 1. The minimum atomic E-state index is 0.565. The summed E-state index contributed by atoms with van der Waals surface area (Å²) < 4.78 is 10.7. The Morgan fingerprint density at radius 3 is 2.63 bits per heavy atom. The van der Waals surface area contributed by atoms with Crippen LogP contribution in [0, 0.1) is 6.92 Å². The number of guanidine groups is 1. The number of ether oxygens (including phenoxy) is 2. The first-order chi connectivity index (χ1) is 13.1. The number of aliphatic imine (C=N–C) groups is 1. The van der Waals surface area contributed by atoms with Crippen LogP contribution in [0.3, 0.4) is 0 Å². The molecule has 1 heterocycles. The molecule has 0 aliphatic carbocycles. The smallest absolute Gasteiger partial charge is 0.194 e. The fourth-order valence-electron chi connectivity index (χ4n) is 2.74. The lowest BCUT2D eigenvalue weighted by atomic mass is 10.1. The topological polar surface area (TPSA) is 59.0 Å². The van der Waals surface area contributed by atoms with E-state index in [-0.39, 0.29) is 0 Å². The van der Waals surface area contributed by atoms with Crippen LogP contribution >= 0.6 is 0 Å². The van der Waals surface area contributed by atoms with Gasteiger partial charge in [-0.15, -0.1) is 0 Å². The van der Waals surface area contributed by atoms with E-state index in [1.165, 1.54) is 5.56 Å². The van der Waals surface area contributed by atoms with Gasteiger partial charge in [0.2, 0.25) is 0 Å². The molecule has 2 aromatic rings. The minimum absolute atomic E-state index is 0.565. The maximum Gasteiger partial charge on any atom is 0.194 e. The molecule has 0 saturated carbocycles. The molecule has 0 atom stereocenters. The van der Waals surface area contributed by atoms with Crippen LogP contribution in [-0.2, 0) is 13.0 Å². The molecule has 0 saturated heterocycles. The molecule has 0 aliphatic heterocycles. The van der Waals surface area contributed by atoms with Gasteiger partial charge in [0.1, 0.15) is 0 Å². The van der Waals surface area contributed by atoms with Crippen LogP contribution < -0.4 is 14.8 Å². The summed E-state index contributed by atoms with van der Waals surface area (Å²) in [5.41, 5.74) is 3.35. The Hall–Kier alpha value is -2.76. The molecule has 0 fully saturated rings. The molecular formula is C21H30N4O2. The Morgan fingerprint density at radius 1 is 1.19 bits per heavy atom. The van der Waals surface area contributed by atoms with Crippen LogP contribution in [-0.4, -0.2) is 50.2 Å². The summed E-state index contributed by atoms with van der Waals surface area (Å²) in [4.78, 5) is 11.3. The number of methoxy groups -OCH3 is 2. The molecular weight excluding hydrogens is 340 g/mol. The molecule has 0 spiro atoms. The Kier molecular flexibility index (Phi) is 7.92. The lowest BCUT2D eigenvalue weighted by Gasteiger charge is -2.22. The first kappa shape index (κ1) is 20.6. The largest absolute Gasteiger partial charge is 0.493 e. The molecule has 0 aliphatic rings. The van der Waals surface area contributed by atoms with Crippen molar-refractivity contribution in [3.05, 3.63) is 53.3 Å². The number of hydrogen-bond acceptors (Lipinski definition) is 4. The summed E-state index contributed by atoms with van der Waals surface area (Å²) in [5, 5.41) is 3.35. The van der Waals surface area contributed by atoms with E-state index in [0.717, 1.165) is 48.2 Å². The SMILES string of the molecule is CCNC(=NCc1ncccc1C)N(C)CCc1ccc(OC)c(OC)c1. The molecule has 2 rings (SSSR count). The van der Waals surface area contributed by atoms with E-state index in [0.29, 0.717) is 6.54 Å². The average Bonchev–Trinajstić information content (AvgIpc) is 2.70. The van der Waals surface area contributed by atoms with Crippen LogP contribution in [0.15, 0.2) is 41.5 Å². The Labute approximate surface area is 162 Å². The van der Waals surface area contributed by atoms with Crippen molar-refractivity contribution in [3.63, 3.8) is 0 Å². The van der Waals surface area contributed by atoms with E-state index in [1.807, 2.05) is 31.4 Å². The maximum absolute atomic E-state index is 5.39. The second-order valence-electron chi connectivity index (χ2n) is 6.30. The second kappa shape index (κ2) is 10.4. The Balaban J connectivity index is 2.03. The standard InChI is InChI=1S/C21H30N4O2/c1-6-22-21(24-15-18-16(2)8-7-12-23-18)25(3)13-11-17-9-10-19(26-4)20(14-17)27-5/h7-10,12,14H,6,11,13,15H2,1-5H3,(H,22,24). The lowest BCUT2D eigenvalue weighted by molar-refractivity contribution is 0.354. The van der Waals surface area contributed by atoms with E-state index in [1.54, 1.807) is 14.2 Å². The predicted octanol–water partition coefficient (Wildman–Crippen LogP) is 3.05. The van der Waals surface area contributed by atoms with E-state index < -0.39 is 0 Å². The molecule has 0 amide bonds. The number of benzene rings is 1. The number of likely N-dealkylation sites (N-methyl/N-ethyl adjacent to an activating group) is 1. The van der Waals surface area contributed by atoms with E-state index in [2.05, 4.69) is 41.2 Å². The summed E-state index contributed by atoms with van der Waals surface area (Å²) in [6, 6.07) is 10.0. The Morgan fingerprint density at radius 2 is 1.96 bits per heavy atom. The van der Waals surface area contributed by atoms with Gasteiger partial charge in [-0.05, 0) is 49.6 Å². The number of aromatic nitrogens is 1. The molecule has 0 bridgehead atoms. The van der Waals surface area contributed by atoms with Crippen LogP contribution in [0.1, 0.15) is 23.7 Å². The highest BCUT2D eigenvalue weighted by Gasteiger charge is 2.09. The monoisotopic (exact) mass is 370 g/mol. The maximum atomic E-state index is 5.39. The normalized spacial score (nSPS) is 11.2. The molecule has 1 aromatic carbocycles. The van der Waals surface area contributed by atoms with Crippen LogP contribution in [0.25, 0.3) is 0 Å². The summed E-state index contributed by atoms with van der Waals surface area (Å²) in [7, 11) is 5.35. The van der Waals surface area contributed by atoms with Gasteiger partial charge in [-0.3, -0.25) is 4.98 Å². The van der Waals surface area contributed by atoms with E-state index >= 15 is 0 Å². The van der Waals surface area contributed by atoms with Gasteiger partial charge in [0.15, 0.2) is 17.5 Å². The van der Waals surface area contributed by atoms with Crippen molar-refractivity contribution in [2.45, 2.75) is 26.8 Å². The third kappa shape index (κ3) is 5.88. The van der Waals surface area contributed by atoms with Gasteiger partial charge in [-0.25, -0.2) is 4.99 Å². The molecule has 1 N–H and O–H groups in total. The van der Waals surface area contributed by atoms with Crippen molar-refractivity contribution < 1.29 is 9.47 Å². The first-order valence-electron chi connectivity index (χ1n) is 9.19. The average molecular weight is 370 g/mol. The van der Waals surface area contributed by atoms with E-state index in [4.69, 9.17) is 14.5 Å². The zero-order chi connectivity index (χ0) is 19.6. The number of nitrogens with one attached hydrogen (secondary N) is 1. The zero-order valence-corrected chi connectivity index (χ0v) is 17.0. The lowest BCUT2D eigenvalue weighted by Crippen LogP contribution is -2.40. The van der Waals surface area contributed by atoms with Crippen LogP contribution in [0.4, 0.5) is 0 Å². The molecule has 6 heteroatoms. The fourth-order valence-corrected chi connectivity index (χ4v) is 2.74. The van der Waals surface area contributed by atoms with Crippen molar-refractivity contribution in [1.29, 1.82) is 0 Å². The number of pyridine rings is 1. The zero-order valence-electron chi connectivity index (χ0n) is 17.0. The summed E-state index contributed by atoms with van der Waals surface area (Å²) in [6.07, 6.45) is 2.69.